The second-order valence-electron chi connectivity index (χ2n) is 4.25. The zero-order valence-electron chi connectivity index (χ0n) is 10.9. The molecular formula is C13H14F3NO4. The third-order valence-corrected chi connectivity index (χ3v) is 2.52. The van der Waals surface area contributed by atoms with E-state index >= 15 is 0 Å². The van der Waals surface area contributed by atoms with Crippen LogP contribution in [0.4, 0.5) is 18.0 Å². The van der Waals surface area contributed by atoms with Crippen LogP contribution < -0.4 is 5.32 Å². The van der Waals surface area contributed by atoms with Gasteiger partial charge < -0.3 is 15.2 Å². The number of rotatable bonds is 6. The summed E-state index contributed by atoms with van der Waals surface area (Å²) in [7, 11) is 0. The van der Waals surface area contributed by atoms with Gasteiger partial charge in [0.15, 0.2) is 0 Å². The second kappa shape index (κ2) is 7.51. The Bertz CT molecular complexity index is 476. The Morgan fingerprint density at radius 1 is 1.24 bits per heavy atom. The minimum Gasteiger partial charge on any atom is -0.480 e. The Kier molecular flexibility index (Phi) is 6.01. The van der Waals surface area contributed by atoms with Crippen molar-refractivity contribution in [2.75, 3.05) is 0 Å². The fourth-order valence-electron chi connectivity index (χ4n) is 1.47. The molecule has 1 amide bonds. The number of benzene rings is 1. The van der Waals surface area contributed by atoms with Gasteiger partial charge in [0.2, 0.25) is 0 Å². The van der Waals surface area contributed by atoms with Crippen LogP contribution in [-0.2, 0) is 16.1 Å². The molecule has 0 aliphatic rings. The summed E-state index contributed by atoms with van der Waals surface area (Å²) >= 11 is 0. The smallest absolute Gasteiger partial charge is 0.408 e. The Hall–Kier alpha value is -2.25. The first-order chi connectivity index (χ1) is 9.78. The molecule has 1 atom stereocenters. The van der Waals surface area contributed by atoms with Gasteiger partial charge in [0.1, 0.15) is 12.6 Å². The Labute approximate surface area is 118 Å². The monoisotopic (exact) mass is 305 g/mol. The van der Waals surface area contributed by atoms with Crippen molar-refractivity contribution in [2.24, 2.45) is 0 Å². The van der Waals surface area contributed by atoms with Crippen LogP contribution in [0, 0.1) is 0 Å². The largest absolute Gasteiger partial charge is 0.480 e. The van der Waals surface area contributed by atoms with Crippen molar-refractivity contribution in [1.29, 1.82) is 0 Å². The lowest BCUT2D eigenvalue weighted by Crippen LogP contribution is -2.41. The zero-order chi connectivity index (χ0) is 15.9. The second-order valence-corrected chi connectivity index (χ2v) is 4.25. The summed E-state index contributed by atoms with van der Waals surface area (Å²) in [5.74, 6) is -1.55. The van der Waals surface area contributed by atoms with Crippen molar-refractivity contribution in [2.45, 2.75) is 31.7 Å². The molecule has 1 aromatic rings. The van der Waals surface area contributed by atoms with Crippen LogP contribution in [-0.4, -0.2) is 29.4 Å². The Morgan fingerprint density at radius 2 is 1.86 bits per heavy atom. The molecule has 0 aliphatic carbocycles. The van der Waals surface area contributed by atoms with Crippen LogP contribution in [0.5, 0.6) is 0 Å². The lowest BCUT2D eigenvalue weighted by molar-refractivity contribution is -0.145. The van der Waals surface area contributed by atoms with Gasteiger partial charge in [-0.2, -0.15) is 13.2 Å². The summed E-state index contributed by atoms with van der Waals surface area (Å²) < 4.78 is 40.9. The van der Waals surface area contributed by atoms with E-state index in [1.807, 2.05) is 5.32 Å². The number of carbonyl (C=O) groups excluding carboxylic acids is 1. The number of amides is 1. The maximum absolute atomic E-state index is 12.0. The van der Waals surface area contributed by atoms with Crippen molar-refractivity contribution < 1.29 is 32.6 Å². The van der Waals surface area contributed by atoms with E-state index in [0.717, 1.165) is 0 Å². The van der Waals surface area contributed by atoms with Crippen molar-refractivity contribution >= 4 is 12.1 Å². The number of alkyl carbamates (subject to hydrolysis) is 1. The predicted molar refractivity (Wildman–Crippen MR) is 66.5 cm³/mol. The van der Waals surface area contributed by atoms with E-state index in [9.17, 15) is 22.8 Å². The fraction of sp³-hybridized carbons (Fsp3) is 0.385. The van der Waals surface area contributed by atoms with Crippen LogP contribution in [0.25, 0.3) is 0 Å². The number of alkyl halides is 3. The van der Waals surface area contributed by atoms with Crippen molar-refractivity contribution in [3.8, 4) is 0 Å². The average molecular weight is 305 g/mol. The van der Waals surface area contributed by atoms with Gasteiger partial charge in [0.25, 0.3) is 0 Å². The highest BCUT2D eigenvalue weighted by atomic mass is 19.4. The lowest BCUT2D eigenvalue weighted by atomic mass is 10.1. The van der Waals surface area contributed by atoms with E-state index in [-0.39, 0.29) is 6.61 Å². The summed E-state index contributed by atoms with van der Waals surface area (Å²) in [4.78, 5) is 22.2. The first-order valence-electron chi connectivity index (χ1n) is 6.04. The number of nitrogens with one attached hydrogen (secondary N) is 1. The van der Waals surface area contributed by atoms with Crippen LogP contribution in [0.2, 0.25) is 0 Å². The standard InChI is InChI=1S/C13H14F3NO4/c14-13(15,16)7-6-10(11(18)19)17-12(20)21-8-9-4-2-1-3-5-9/h1-5,10H,6-8H2,(H,17,20)(H,18,19). The summed E-state index contributed by atoms with van der Waals surface area (Å²) in [5.41, 5.74) is 0.676. The minimum absolute atomic E-state index is 0.0989. The van der Waals surface area contributed by atoms with E-state index in [4.69, 9.17) is 9.84 Å². The highest BCUT2D eigenvalue weighted by Gasteiger charge is 2.31. The van der Waals surface area contributed by atoms with Crippen molar-refractivity contribution in [1.82, 2.24) is 5.32 Å². The van der Waals surface area contributed by atoms with E-state index in [1.54, 1.807) is 30.3 Å². The van der Waals surface area contributed by atoms with E-state index in [1.165, 1.54) is 0 Å². The molecule has 0 fully saturated rings. The molecule has 2 N–H and O–H groups in total. The summed E-state index contributed by atoms with van der Waals surface area (Å²) in [6, 6.07) is 6.94. The molecule has 0 spiro atoms. The number of carbonyl (C=O) groups is 2. The maximum atomic E-state index is 12.0. The molecule has 1 unspecified atom stereocenters. The molecule has 21 heavy (non-hydrogen) atoms. The quantitative estimate of drug-likeness (QED) is 0.847. The SMILES string of the molecule is O=C(NC(CCC(F)(F)F)C(=O)O)OCc1ccccc1. The van der Waals surface area contributed by atoms with Crippen molar-refractivity contribution in [3.05, 3.63) is 35.9 Å². The normalized spacial score (nSPS) is 12.5. The molecule has 0 aromatic heterocycles. The topological polar surface area (TPSA) is 75.6 Å². The van der Waals surface area contributed by atoms with Crippen LogP contribution in [0.15, 0.2) is 30.3 Å². The van der Waals surface area contributed by atoms with Gasteiger partial charge in [-0.3, -0.25) is 0 Å². The van der Waals surface area contributed by atoms with E-state index in [2.05, 4.69) is 0 Å². The number of carboxylic acid groups (broad SMARTS) is 1. The Balaban J connectivity index is 2.43. The van der Waals surface area contributed by atoms with Crippen molar-refractivity contribution in [3.63, 3.8) is 0 Å². The predicted octanol–water partition coefficient (Wildman–Crippen LogP) is 2.71. The zero-order valence-corrected chi connectivity index (χ0v) is 10.9. The average Bonchev–Trinajstić information content (AvgIpc) is 2.41. The molecule has 0 saturated heterocycles. The highest BCUT2D eigenvalue weighted by molar-refractivity contribution is 5.79. The molecule has 8 heteroatoms. The first-order valence-corrected chi connectivity index (χ1v) is 6.04. The molecule has 0 saturated carbocycles. The molecule has 0 aliphatic heterocycles. The Morgan fingerprint density at radius 3 is 2.38 bits per heavy atom. The fourth-order valence-corrected chi connectivity index (χ4v) is 1.47. The molecule has 0 radical (unpaired) electrons. The summed E-state index contributed by atoms with van der Waals surface area (Å²) in [6.45, 7) is -0.0989. The summed E-state index contributed by atoms with van der Waals surface area (Å²) in [6.07, 6.45) is -7.61. The van der Waals surface area contributed by atoms with Gasteiger partial charge in [-0.05, 0) is 12.0 Å². The van der Waals surface area contributed by atoms with Gasteiger partial charge in [0, 0.05) is 6.42 Å². The number of hydrogen-bond donors (Lipinski definition) is 2. The lowest BCUT2D eigenvalue weighted by Gasteiger charge is -2.15. The van der Waals surface area contributed by atoms with Gasteiger partial charge in [-0.1, -0.05) is 30.3 Å². The number of ether oxygens (including phenoxy) is 1. The maximum Gasteiger partial charge on any atom is 0.408 e. The molecule has 116 valence electrons. The third-order valence-electron chi connectivity index (χ3n) is 2.52. The van der Waals surface area contributed by atoms with E-state index in [0.29, 0.717) is 5.56 Å². The molecule has 1 rings (SSSR count). The van der Waals surface area contributed by atoms with Gasteiger partial charge in [-0.15, -0.1) is 0 Å². The number of halogens is 3. The number of hydrogen-bond acceptors (Lipinski definition) is 3. The van der Waals surface area contributed by atoms with Gasteiger partial charge >= 0.3 is 18.2 Å². The van der Waals surface area contributed by atoms with Crippen LogP contribution >= 0.6 is 0 Å². The van der Waals surface area contributed by atoms with Gasteiger partial charge in [0.05, 0.1) is 0 Å². The number of aliphatic carboxylic acids is 1. The van der Waals surface area contributed by atoms with E-state index < -0.39 is 37.1 Å². The highest BCUT2D eigenvalue weighted by Crippen LogP contribution is 2.22. The summed E-state index contributed by atoms with van der Waals surface area (Å²) in [5, 5.41) is 10.7. The van der Waals surface area contributed by atoms with Gasteiger partial charge in [-0.25, -0.2) is 9.59 Å². The third kappa shape index (κ3) is 7.19. The molecule has 0 bridgehead atoms. The molecule has 1 aromatic carbocycles. The van der Waals surface area contributed by atoms with Crippen LogP contribution in [0.1, 0.15) is 18.4 Å². The van der Waals surface area contributed by atoms with Crippen LogP contribution in [0.3, 0.4) is 0 Å². The molecule has 0 heterocycles. The minimum atomic E-state index is -4.48. The molecular weight excluding hydrogens is 291 g/mol. The molecule has 5 nitrogen and oxygen atoms in total. The first kappa shape index (κ1) is 16.8. The number of carboxylic acids is 1.